The fourth-order valence-corrected chi connectivity index (χ4v) is 3.63. The van der Waals surface area contributed by atoms with E-state index in [0.29, 0.717) is 0 Å². The van der Waals surface area contributed by atoms with Crippen molar-refractivity contribution in [2.45, 2.75) is 6.92 Å². The molecule has 0 bridgehead atoms. The highest BCUT2D eigenvalue weighted by atomic mass is 35.5. The number of nitrogens with one attached hydrogen (secondary N) is 2. The second kappa shape index (κ2) is 9.23. The first-order valence-electron chi connectivity index (χ1n) is 8.15. The third-order valence-corrected chi connectivity index (χ3v) is 5.30. The minimum Gasteiger partial charge on any atom is -0.478 e. The van der Waals surface area contributed by atoms with Gasteiger partial charge in [-0.15, -0.1) is 0 Å². The SMILES string of the molecule is CNC(=O)c1c(Cl)c(C(=O)Nc2c(F)c(C)c(F)c(Cl)c2F)c(C(=O)O)c(Cl)c1C(=O)O. The van der Waals surface area contributed by atoms with Crippen molar-refractivity contribution in [2.24, 2.45) is 0 Å². The molecule has 4 N–H and O–H groups in total. The summed E-state index contributed by atoms with van der Waals surface area (Å²) in [6.07, 6.45) is 0. The standard InChI is InChI=1S/C18H10Cl3F3N2O6/c1-3-11(22)10(21)13(24)14(12(3)23)26-16(28)5-7(18(31)32)9(20)6(17(29)30)4(8(5)19)15(27)25-2/h1-2H3,(H,25,27)(H,26,28)(H,29,30)(H,31,32). The molecule has 0 fully saturated rings. The highest BCUT2D eigenvalue weighted by Gasteiger charge is 2.35. The Morgan fingerprint density at radius 3 is 1.59 bits per heavy atom. The molecule has 32 heavy (non-hydrogen) atoms. The normalized spacial score (nSPS) is 10.6. The fraction of sp³-hybridized carbons (Fsp3) is 0.111. The summed E-state index contributed by atoms with van der Waals surface area (Å²) in [5.41, 5.74) is -6.15. The predicted molar refractivity (Wildman–Crippen MR) is 108 cm³/mol. The van der Waals surface area contributed by atoms with Crippen molar-refractivity contribution in [3.63, 3.8) is 0 Å². The lowest BCUT2D eigenvalue weighted by Gasteiger charge is -2.18. The van der Waals surface area contributed by atoms with E-state index in [1.165, 1.54) is 0 Å². The number of amides is 2. The van der Waals surface area contributed by atoms with Crippen LogP contribution in [0.1, 0.15) is 47.0 Å². The van der Waals surface area contributed by atoms with Crippen LogP contribution >= 0.6 is 34.8 Å². The molecule has 0 heterocycles. The van der Waals surface area contributed by atoms with E-state index >= 15 is 0 Å². The van der Waals surface area contributed by atoms with Crippen LogP contribution in [0.3, 0.4) is 0 Å². The van der Waals surface area contributed by atoms with Gasteiger partial charge in [-0.1, -0.05) is 34.8 Å². The Kier molecular flexibility index (Phi) is 7.28. The molecule has 0 aliphatic carbocycles. The number of anilines is 1. The van der Waals surface area contributed by atoms with Crippen molar-refractivity contribution < 1.29 is 42.6 Å². The van der Waals surface area contributed by atoms with Gasteiger partial charge in [-0.25, -0.2) is 22.8 Å². The van der Waals surface area contributed by atoms with Crippen molar-refractivity contribution in [1.29, 1.82) is 0 Å². The molecule has 0 aliphatic heterocycles. The van der Waals surface area contributed by atoms with Gasteiger partial charge in [0.15, 0.2) is 17.5 Å². The molecule has 14 heteroatoms. The Morgan fingerprint density at radius 2 is 1.16 bits per heavy atom. The van der Waals surface area contributed by atoms with E-state index in [4.69, 9.17) is 34.8 Å². The summed E-state index contributed by atoms with van der Waals surface area (Å²) in [7, 11) is 1.08. The van der Waals surface area contributed by atoms with Crippen molar-refractivity contribution in [1.82, 2.24) is 5.32 Å². The summed E-state index contributed by atoms with van der Waals surface area (Å²) in [4.78, 5) is 48.3. The molecule has 0 aliphatic rings. The van der Waals surface area contributed by atoms with Crippen LogP contribution < -0.4 is 10.6 Å². The van der Waals surface area contributed by atoms with E-state index in [1.54, 1.807) is 5.32 Å². The molecule has 0 radical (unpaired) electrons. The van der Waals surface area contributed by atoms with Crippen LogP contribution in [0.15, 0.2) is 0 Å². The zero-order chi connectivity index (χ0) is 24.7. The lowest BCUT2D eigenvalue weighted by molar-refractivity contribution is 0.0689. The van der Waals surface area contributed by atoms with Gasteiger partial charge in [0.25, 0.3) is 11.8 Å². The van der Waals surface area contributed by atoms with E-state index < -0.39 is 89.8 Å². The molecule has 2 amide bonds. The van der Waals surface area contributed by atoms with Crippen molar-refractivity contribution in [2.75, 3.05) is 12.4 Å². The number of rotatable bonds is 5. The molecular weight excluding hydrogens is 504 g/mol. The molecule has 0 atom stereocenters. The summed E-state index contributed by atoms with van der Waals surface area (Å²) >= 11 is 17.3. The summed E-state index contributed by atoms with van der Waals surface area (Å²) in [5, 5.41) is 19.4. The quantitative estimate of drug-likeness (QED) is 0.346. The number of halogens is 6. The lowest BCUT2D eigenvalue weighted by atomic mass is 9.96. The Balaban J connectivity index is 2.88. The minimum absolute atomic E-state index is 0.762. The van der Waals surface area contributed by atoms with E-state index in [-0.39, 0.29) is 0 Å². The highest BCUT2D eigenvalue weighted by molar-refractivity contribution is 6.44. The molecule has 170 valence electrons. The molecule has 0 saturated carbocycles. The molecule has 0 spiro atoms. The average Bonchev–Trinajstić information content (AvgIpc) is 2.73. The molecular formula is C18H10Cl3F3N2O6. The van der Waals surface area contributed by atoms with Gasteiger partial charge in [-0.3, -0.25) is 9.59 Å². The van der Waals surface area contributed by atoms with Crippen LogP contribution in [0.2, 0.25) is 15.1 Å². The summed E-state index contributed by atoms with van der Waals surface area (Å²) in [6.45, 7) is 0.892. The predicted octanol–water partition coefficient (Wildman–Crippen LogP) is 4.38. The van der Waals surface area contributed by atoms with Gasteiger partial charge in [0.1, 0.15) is 10.7 Å². The number of carbonyl (C=O) groups is 4. The van der Waals surface area contributed by atoms with Gasteiger partial charge in [0, 0.05) is 12.6 Å². The van der Waals surface area contributed by atoms with Gasteiger partial charge in [-0.05, 0) is 6.92 Å². The second-order valence-electron chi connectivity index (χ2n) is 6.03. The van der Waals surface area contributed by atoms with Crippen LogP contribution in [0.4, 0.5) is 18.9 Å². The first-order valence-corrected chi connectivity index (χ1v) is 9.28. The Morgan fingerprint density at radius 1 is 0.719 bits per heavy atom. The number of benzene rings is 2. The Labute approximate surface area is 191 Å². The fourth-order valence-electron chi connectivity index (χ4n) is 2.68. The maximum Gasteiger partial charge on any atom is 0.338 e. The van der Waals surface area contributed by atoms with Gasteiger partial charge in [0.05, 0.1) is 32.3 Å². The van der Waals surface area contributed by atoms with Gasteiger partial charge < -0.3 is 20.8 Å². The van der Waals surface area contributed by atoms with E-state index in [1.807, 2.05) is 5.32 Å². The van der Waals surface area contributed by atoms with Crippen molar-refractivity contribution in [3.8, 4) is 0 Å². The second-order valence-corrected chi connectivity index (χ2v) is 7.16. The zero-order valence-electron chi connectivity index (χ0n) is 15.8. The number of carboxylic acid groups (broad SMARTS) is 2. The van der Waals surface area contributed by atoms with Crippen LogP contribution in [0.5, 0.6) is 0 Å². The van der Waals surface area contributed by atoms with Crippen LogP contribution in [0.25, 0.3) is 0 Å². The minimum atomic E-state index is -1.94. The average molecular weight is 514 g/mol. The first-order chi connectivity index (χ1) is 14.8. The van der Waals surface area contributed by atoms with E-state index in [2.05, 4.69) is 0 Å². The Hall–Kier alpha value is -3.02. The molecule has 2 aromatic carbocycles. The summed E-state index contributed by atoms with van der Waals surface area (Å²) < 4.78 is 42.4. The highest BCUT2D eigenvalue weighted by Crippen LogP contribution is 2.37. The monoisotopic (exact) mass is 512 g/mol. The van der Waals surface area contributed by atoms with Crippen molar-refractivity contribution in [3.05, 3.63) is 60.3 Å². The van der Waals surface area contributed by atoms with Crippen LogP contribution in [0, 0.1) is 24.4 Å². The lowest BCUT2D eigenvalue weighted by Crippen LogP contribution is -2.27. The van der Waals surface area contributed by atoms with Crippen LogP contribution in [-0.4, -0.2) is 41.0 Å². The number of carboxylic acids is 2. The Bertz CT molecular complexity index is 1190. The van der Waals surface area contributed by atoms with E-state index in [9.17, 15) is 42.6 Å². The third-order valence-electron chi connectivity index (χ3n) is 4.21. The zero-order valence-corrected chi connectivity index (χ0v) is 18.1. The number of hydrogen-bond donors (Lipinski definition) is 4. The molecule has 2 rings (SSSR count). The largest absolute Gasteiger partial charge is 0.478 e. The molecule has 8 nitrogen and oxygen atoms in total. The van der Waals surface area contributed by atoms with E-state index in [0.717, 1.165) is 14.0 Å². The molecule has 0 unspecified atom stereocenters. The molecule has 0 saturated heterocycles. The number of carbonyl (C=O) groups excluding carboxylic acids is 2. The maximum atomic E-state index is 14.4. The summed E-state index contributed by atoms with van der Waals surface area (Å²) in [6, 6.07) is 0. The maximum absolute atomic E-state index is 14.4. The van der Waals surface area contributed by atoms with Crippen LogP contribution in [-0.2, 0) is 0 Å². The first kappa shape index (κ1) is 25.2. The number of hydrogen-bond acceptors (Lipinski definition) is 4. The number of aromatic carboxylic acids is 2. The summed E-state index contributed by atoms with van der Waals surface area (Å²) in [5.74, 6) is -11.3. The third kappa shape index (κ3) is 4.06. The van der Waals surface area contributed by atoms with Gasteiger partial charge in [0.2, 0.25) is 0 Å². The molecule has 2 aromatic rings. The van der Waals surface area contributed by atoms with Gasteiger partial charge >= 0.3 is 11.9 Å². The smallest absolute Gasteiger partial charge is 0.338 e. The van der Waals surface area contributed by atoms with Crippen molar-refractivity contribution >= 4 is 64.2 Å². The van der Waals surface area contributed by atoms with Gasteiger partial charge in [-0.2, -0.15) is 0 Å². The topological polar surface area (TPSA) is 133 Å². The molecule has 0 aromatic heterocycles.